The molecule has 6 heteroatoms. The van der Waals surface area contributed by atoms with Crippen molar-refractivity contribution in [3.05, 3.63) is 94.0 Å². The summed E-state index contributed by atoms with van der Waals surface area (Å²) in [4.78, 5) is 24.1. The van der Waals surface area contributed by atoms with E-state index < -0.39 is 5.91 Å². The first-order valence-corrected chi connectivity index (χ1v) is 9.54. The van der Waals surface area contributed by atoms with Gasteiger partial charge in [0.15, 0.2) is 0 Å². The molecule has 0 radical (unpaired) electrons. The second kappa shape index (κ2) is 9.30. The molecule has 0 aromatic heterocycles. The first-order chi connectivity index (χ1) is 13.6. The van der Waals surface area contributed by atoms with Crippen LogP contribution in [0.2, 0.25) is 0 Å². The first kappa shape index (κ1) is 19.8. The summed E-state index contributed by atoms with van der Waals surface area (Å²) in [7, 11) is 0. The van der Waals surface area contributed by atoms with Gasteiger partial charge in [0.25, 0.3) is 11.8 Å². The number of hydrogen-bond acceptors (Lipinski definition) is 3. The van der Waals surface area contributed by atoms with Crippen LogP contribution < -0.4 is 10.8 Å². The van der Waals surface area contributed by atoms with Crippen LogP contribution >= 0.6 is 15.9 Å². The second-order valence-corrected chi connectivity index (χ2v) is 7.15. The molecule has 28 heavy (non-hydrogen) atoms. The first-order valence-electron chi connectivity index (χ1n) is 8.74. The highest BCUT2D eigenvalue weighted by Gasteiger charge is 2.09. The minimum atomic E-state index is -0.580. The van der Waals surface area contributed by atoms with Gasteiger partial charge in [-0.3, -0.25) is 14.8 Å². The van der Waals surface area contributed by atoms with Crippen LogP contribution in [0.4, 0.5) is 0 Å². The molecule has 0 spiro atoms. The molecule has 0 aliphatic rings. The molecule has 0 fully saturated rings. The molecule has 0 saturated carbocycles. The lowest BCUT2D eigenvalue weighted by Crippen LogP contribution is -2.25. The molecule has 0 bridgehead atoms. The smallest absolute Gasteiger partial charge is 0.274 e. The van der Waals surface area contributed by atoms with E-state index in [4.69, 9.17) is 5.21 Å². The summed E-state index contributed by atoms with van der Waals surface area (Å²) >= 11 is 3.44. The van der Waals surface area contributed by atoms with E-state index in [9.17, 15) is 9.59 Å². The quantitative estimate of drug-likeness (QED) is 0.398. The van der Waals surface area contributed by atoms with Crippen molar-refractivity contribution in [2.45, 2.75) is 6.42 Å². The molecular weight excluding hydrogens is 420 g/mol. The van der Waals surface area contributed by atoms with Gasteiger partial charge >= 0.3 is 0 Å². The van der Waals surface area contributed by atoms with Crippen LogP contribution in [-0.4, -0.2) is 23.6 Å². The summed E-state index contributed by atoms with van der Waals surface area (Å²) in [6.45, 7) is 0.533. The predicted octanol–water partition coefficient (Wildman–Crippen LogP) is 4.21. The molecule has 3 aromatic carbocycles. The highest BCUT2D eigenvalue weighted by molar-refractivity contribution is 9.10. The van der Waals surface area contributed by atoms with E-state index in [-0.39, 0.29) is 5.91 Å². The normalized spacial score (nSPS) is 10.4. The number of hydrogen-bond donors (Lipinski definition) is 3. The fraction of sp³-hybridized carbons (Fsp3) is 0.0909. The van der Waals surface area contributed by atoms with Crippen molar-refractivity contribution >= 4 is 27.7 Å². The van der Waals surface area contributed by atoms with E-state index in [1.165, 1.54) is 0 Å². The topological polar surface area (TPSA) is 78.4 Å². The maximum Gasteiger partial charge on any atom is 0.274 e. The fourth-order valence-electron chi connectivity index (χ4n) is 2.86. The zero-order valence-electron chi connectivity index (χ0n) is 15.0. The number of nitrogens with one attached hydrogen (secondary N) is 2. The van der Waals surface area contributed by atoms with E-state index in [0.717, 1.165) is 27.6 Å². The Bertz CT molecular complexity index is 1000. The largest absolute Gasteiger partial charge is 0.352 e. The molecule has 2 amide bonds. The second-order valence-electron chi connectivity index (χ2n) is 6.24. The van der Waals surface area contributed by atoms with Gasteiger partial charge in [-0.15, -0.1) is 0 Å². The number of benzene rings is 3. The molecule has 0 atom stereocenters. The van der Waals surface area contributed by atoms with E-state index in [1.54, 1.807) is 41.9 Å². The fourth-order valence-corrected chi connectivity index (χ4v) is 3.31. The molecular formula is C22H19BrN2O3. The summed E-state index contributed by atoms with van der Waals surface area (Å²) in [5.74, 6) is -0.732. The monoisotopic (exact) mass is 438 g/mol. The molecule has 0 aliphatic heterocycles. The maximum atomic E-state index is 12.5. The highest BCUT2D eigenvalue weighted by atomic mass is 79.9. The average molecular weight is 439 g/mol. The van der Waals surface area contributed by atoms with Crippen molar-refractivity contribution in [2.24, 2.45) is 0 Å². The Morgan fingerprint density at radius 2 is 1.43 bits per heavy atom. The maximum absolute atomic E-state index is 12.5. The number of amides is 2. The van der Waals surface area contributed by atoms with Crippen LogP contribution in [-0.2, 0) is 6.42 Å². The minimum absolute atomic E-state index is 0.152. The van der Waals surface area contributed by atoms with Gasteiger partial charge in [-0.1, -0.05) is 52.3 Å². The predicted molar refractivity (Wildman–Crippen MR) is 111 cm³/mol. The summed E-state index contributed by atoms with van der Waals surface area (Å²) in [5, 5.41) is 11.7. The van der Waals surface area contributed by atoms with Crippen LogP contribution in [0.5, 0.6) is 0 Å². The average Bonchev–Trinajstić information content (AvgIpc) is 2.73. The van der Waals surface area contributed by atoms with Gasteiger partial charge in [-0.05, 0) is 59.5 Å². The van der Waals surface area contributed by atoms with Crippen molar-refractivity contribution in [2.75, 3.05) is 6.54 Å². The number of rotatable bonds is 6. The van der Waals surface area contributed by atoms with E-state index in [1.807, 2.05) is 36.4 Å². The third-order valence-corrected chi connectivity index (χ3v) is 4.77. The Labute approximate surface area is 171 Å². The van der Waals surface area contributed by atoms with Gasteiger partial charge in [-0.2, -0.15) is 0 Å². The van der Waals surface area contributed by atoms with Crippen molar-refractivity contribution in [3.8, 4) is 11.1 Å². The van der Waals surface area contributed by atoms with Gasteiger partial charge in [0, 0.05) is 22.1 Å². The Morgan fingerprint density at radius 1 is 0.821 bits per heavy atom. The van der Waals surface area contributed by atoms with Crippen molar-refractivity contribution < 1.29 is 14.8 Å². The molecule has 3 N–H and O–H groups in total. The Kier molecular flexibility index (Phi) is 6.57. The van der Waals surface area contributed by atoms with Crippen LogP contribution in [0.25, 0.3) is 11.1 Å². The van der Waals surface area contributed by atoms with E-state index >= 15 is 0 Å². The summed E-state index contributed by atoms with van der Waals surface area (Å²) < 4.78 is 1.01. The van der Waals surface area contributed by atoms with Gasteiger partial charge in [-0.25, -0.2) is 5.48 Å². The molecule has 3 rings (SSSR count). The summed E-state index contributed by atoms with van der Waals surface area (Å²) in [6, 6.07) is 22.0. The number of halogens is 1. The third-order valence-electron chi connectivity index (χ3n) is 4.27. The number of carbonyl (C=O) groups is 2. The highest BCUT2D eigenvalue weighted by Crippen LogP contribution is 2.22. The lowest BCUT2D eigenvalue weighted by atomic mass is 10.0. The Balaban J connectivity index is 1.69. The standard InChI is InChI=1S/C22H19BrN2O3/c23-20-9-1-4-15(12-20)10-11-24-21(26)18-7-2-5-16(13-18)17-6-3-8-19(14-17)22(27)25-28/h1-9,12-14,28H,10-11H2,(H,24,26)(H,25,27). The molecule has 0 heterocycles. The van der Waals surface area contributed by atoms with Gasteiger partial charge in [0.05, 0.1) is 0 Å². The molecule has 142 valence electrons. The van der Waals surface area contributed by atoms with Crippen LogP contribution in [0, 0.1) is 0 Å². The number of hydroxylamine groups is 1. The van der Waals surface area contributed by atoms with Crippen LogP contribution in [0.1, 0.15) is 26.3 Å². The van der Waals surface area contributed by atoms with E-state index in [2.05, 4.69) is 21.2 Å². The molecule has 0 aliphatic carbocycles. The van der Waals surface area contributed by atoms with Crippen molar-refractivity contribution in [1.29, 1.82) is 0 Å². The minimum Gasteiger partial charge on any atom is -0.352 e. The summed E-state index contributed by atoms with van der Waals surface area (Å²) in [6.07, 6.45) is 0.739. The van der Waals surface area contributed by atoms with Crippen LogP contribution in [0.3, 0.4) is 0 Å². The van der Waals surface area contributed by atoms with Crippen molar-refractivity contribution in [1.82, 2.24) is 10.8 Å². The Morgan fingerprint density at radius 3 is 2.04 bits per heavy atom. The van der Waals surface area contributed by atoms with E-state index in [0.29, 0.717) is 17.7 Å². The lowest BCUT2D eigenvalue weighted by Gasteiger charge is -2.09. The molecule has 0 saturated heterocycles. The SMILES string of the molecule is O=C(NO)c1cccc(-c2cccc(C(=O)NCCc3cccc(Br)c3)c2)c1. The van der Waals surface area contributed by atoms with Crippen LogP contribution in [0.15, 0.2) is 77.3 Å². The number of carbonyl (C=O) groups excluding carboxylic acids is 2. The zero-order chi connectivity index (χ0) is 19.9. The third kappa shape index (κ3) is 5.06. The molecule has 3 aromatic rings. The molecule has 5 nitrogen and oxygen atoms in total. The zero-order valence-corrected chi connectivity index (χ0v) is 16.6. The molecule has 0 unspecified atom stereocenters. The lowest BCUT2D eigenvalue weighted by molar-refractivity contribution is 0.0706. The summed E-state index contributed by atoms with van der Waals surface area (Å²) in [5.41, 5.74) is 5.24. The van der Waals surface area contributed by atoms with Gasteiger partial charge in [0.1, 0.15) is 0 Å². The van der Waals surface area contributed by atoms with Gasteiger partial charge in [0.2, 0.25) is 0 Å². The van der Waals surface area contributed by atoms with Gasteiger partial charge < -0.3 is 5.32 Å². The Hall–Kier alpha value is -2.96. The van der Waals surface area contributed by atoms with Crippen molar-refractivity contribution in [3.63, 3.8) is 0 Å².